The number of methoxy groups -OCH3 is 1. The van der Waals surface area contributed by atoms with Gasteiger partial charge in [0.1, 0.15) is 5.54 Å². The number of esters is 1. The van der Waals surface area contributed by atoms with Crippen molar-refractivity contribution in [1.82, 2.24) is 5.32 Å². The predicted molar refractivity (Wildman–Crippen MR) is 83.4 cm³/mol. The molecular formula is C15H20ClNO2S. The minimum Gasteiger partial charge on any atom is -0.468 e. The van der Waals surface area contributed by atoms with Crippen LogP contribution in [0.25, 0.3) is 0 Å². The topological polar surface area (TPSA) is 38.3 Å². The normalized spacial score (nSPS) is 17.6. The number of rotatable bonds is 7. The largest absolute Gasteiger partial charge is 0.468 e. The average Bonchev–Trinajstić information content (AvgIpc) is 3.23. The molecule has 110 valence electrons. The highest BCUT2D eigenvalue weighted by Crippen LogP contribution is 2.30. The smallest absolute Gasteiger partial charge is 0.325 e. The van der Waals surface area contributed by atoms with Crippen molar-refractivity contribution in [3.63, 3.8) is 0 Å². The van der Waals surface area contributed by atoms with Crippen molar-refractivity contribution < 1.29 is 9.53 Å². The first-order valence-electron chi connectivity index (χ1n) is 6.78. The molecule has 1 saturated carbocycles. The summed E-state index contributed by atoms with van der Waals surface area (Å²) in [7, 11) is 1.44. The van der Waals surface area contributed by atoms with E-state index in [1.807, 2.05) is 31.2 Å². The van der Waals surface area contributed by atoms with E-state index in [1.165, 1.54) is 7.11 Å². The number of carbonyl (C=O) groups is 1. The third-order valence-corrected chi connectivity index (χ3v) is 4.95. The van der Waals surface area contributed by atoms with Crippen molar-refractivity contribution in [2.24, 2.45) is 0 Å². The molecule has 20 heavy (non-hydrogen) atoms. The number of thioether (sulfide) groups is 1. The summed E-state index contributed by atoms with van der Waals surface area (Å²) >= 11 is 7.80. The molecule has 1 N–H and O–H groups in total. The zero-order chi connectivity index (χ0) is 14.6. The predicted octanol–water partition coefficient (Wildman–Crippen LogP) is 3.51. The Balaban J connectivity index is 1.91. The molecule has 0 radical (unpaired) electrons. The van der Waals surface area contributed by atoms with Crippen LogP contribution in [0, 0.1) is 0 Å². The second kappa shape index (κ2) is 6.83. The van der Waals surface area contributed by atoms with Crippen LogP contribution in [-0.4, -0.2) is 30.4 Å². The van der Waals surface area contributed by atoms with Gasteiger partial charge in [0.2, 0.25) is 0 Å². The maximum Gasteiger partial charge on any atom is 0.325 e. The molecule has 2 rings (SSSR count). The number of nitrogens with one attached hydrogen (secondary N) is 1. The van der Waals surface area contributed by atoms with Crippen LogP contribution in [0.3, 0.4) is 0 Å². The van der Waals surface area contributed by atoms with E-state index in [-0.39, 0.29) is 5.97 Å². The van der Waals surface area contributed by atoms with Crippen LogP contribution in [0.4, 0.5) is 0 Å². The average molecular weight is 314 g/mol. The van der Waals surface area contributed by atoms with Crippen molar-refractivity contribution in [2.45, 2.75) is 42.7 Å². The SMILES string of the molecule is COC(=O)C(C)(CCSc1ccccc1Cl)NC1CC1. The Hall–Kier alpha value is -0.710. The van der Waals surface area contributed by atoms with E-state index in [2.05, 4.69) is 5.32 Å². The molecule has 0 heterocycles. The van der Waals surface area contributed by atoms with Gasteiger partial charge in [-0.1, -0.05) is 23.7 Å². The van der Waals surface area contributed by atoms with Crippen molar-refractivity contribution >= 4 is 29.3 Å². The van der Waals surface area contributed by atoms with E-state index >= 15 is 0 Å². The lowest BCUT2D eigenvalue weighted by Crippen LogP contribution is -2.51. The molecule has 0 aromatic heterocycles. The Kier molecular flexibility index (Phi) is 5.35. The van der Waals surface area contributed by atoms with Crippen LogP contribution in [-0.2, 0) is 9.53 Å². The maximum atomic E-state index is 12.0. The van der Waals surface area contributed by atoms with Gasteiger partial charge in [-0.3, -0.25) is 10.1 Å². The molecule has 1 unspecified atom stereocenters. The molecular weight excluding hydrogens is 294 g/mol. The first-order chi connectivity index (χ1) is 9.55. The van der Waals surface area contributed by atoms with Gasteiger partial charge in [0.25, 0.3) is 0 Å². The van der Waals surface area contributed by atoms with E-state index in [9.17, 15) is 4.79 Å². The summed E-state index contributed by atoms with van der Waals surface area (Å²) < 4.78 is 4.93. The fraction of sp³-hybridized carbons (Fsp3) is 0.533. The summed E-state index contributed by atoms with van der Waals surface area (Å²) in [6.45, 7) is 1.92. The summed E-state index contributed by atoms with van der Waals surface area (Å²) in [6, 6.07) is 8.22. The number of hydrogen-bond donors (Lipinski definition) is 1. The number of ether oxygens (including phenoxy) is 1. The highest BCUT2D eigenvalue weighted by Gasteiger charge is 2.38. The lowest BCUT2D eigenvalue weighted by molar-refractivity contribution is -0.148. The minimum atomic E-state index is -0.607. The monoisotopic (exact) mass is 313 g/mol. The molecule has 1 aromatic carbocycles. The van der Waals surface area contributed by atoms with E-state index < -0.39 is 5.54 Å². The summed E-state index contributed by atoms with van der Waals surface area (Å²) in [6.07, 6.45) is 3.00. The van der Waals surface area contributed by atoms with Crippen molar-refractivity contribution in [1.29, 1.82) is 0 Å². The second-order valence-electron chi connectivity index (χ2n) is 5.27. The fourth-order valence-corrected chi connectivity index (χ4v) is 3.47. The van der Waals surface area contributed by atoms with Gasteiger partial charge in [-0.2, -0.15) is 0 Å². The Labute approximate surface area is 129 Å². The third kappa shape index (κ3) is 4.14. The van der Waals surface area contributed by atoms with E-state index in [0.29, 0.717) is 12.5 Å². The quantitative estimate of drug-likeness (QED) is 0.617. The van der Waals surface area contributed by atoms with Crippen LogP contribution in [0.1, 0.15) is 26.2 Å². The van der Waals surface area contributed by atoms with Crippen LogP contribution >= 0.6 is 23.4 Å². The highest BCUT2D eigenvalue weighted by molar-refractivity contribution is 7.99. The highest BCUT2D eigenvalue weighted by atomic mass is 35.5. The Morgan fingerprint density at radius 1 is 1.50 bits per heavy atom. The number of hydrogen-bond acceptors (Lipinski definition) is 4. The van der Waals surface area contributed by atoms with Crippen LogP contribution < -0.4 is 5.32 Å². The standard InChI is InChI=1S/C15H20ClNO2S/c1-15(14(18)19-2,17-11-7-8-11)9-10-20-13-6-4-3-5-12(13)16/h3-6,11,17H,7-10H2,1-2H3. The molecule has 0 bridgehead atoms. The lowest BCUT2D eigenvalue weighted by Gasteiger charge is -2.28. The lowest BCUT2D eigenvalue weighted by atomic mass is 9.99. The van der Waals surface area contributed by atoms with Crippen molar-refractivity contribution in [2.75, 3.05) is 12.9 Å². The van der Waals surface area contributed by atoms with Gasteiger partial charge >= 0.3 is 5.97 Å². The molecule has 1 fully saturated rings. The summed E-state index contributed by atoms with van der Waals surface area (Å²) in [5, 5.41) is 4.15. The van der Waals surface area contributed by atoms with E-state index in [4.69, 9.17) is 16.3 Å². The Bertz CT molecular complexity index is 479. The number of halogens is 1. The zero-order valence-corrected chi connectivity index (χ0v) is 13.4. The fourth-order valence-electron chi connectivity index (χ4n) is 2.06. The summed E-state index contributed by atoms with van der Waals surface area (Å²) in [5.41, 5.74) is -0.607. The maximum absolute atomic E-state index is 12.0. The van der Waals surface area contributed by atoms with Crippen LogP contribution in [0.15, 0.2) is 29.2 Å². The molecule has 0 aliphatic heterocycles. The number of benzene rings is 1. The second-order valence-corrected chi connectivity index (χ2v) is 6.82. The molecule has 0 amide bonds. The van der Waals surface area contributed by atoms with Gasteiger partial charge in [0.15, 0.2) is 0 Å². The molecule has 1 aromatic rings. The Morgan fingerprint density at radius 2 is 2.20 bits per heavy atom. The Morgan fingerprint density at radius 3 is 2.80 bits per heavy atom. The molecule has 1 atom stereocenters. The molecule has 5 heteroatoms. The zero-order valence-electron chi connectivity index (χ0n) is 11.8. The van der Waals surface area contributed by atoms with Crippen molar-refractivity contribution in [3.8, 4) is 0 Å². The van der Waals surface area contributed by atoms with Gasteiger partial charge in [-0.05, 0) is 38.3 Å². The first kappa shape index (κ1) is 15.7. The molecule has 1 aliphatic rings. The summed E-state index contributed by atoms with van der Waals surface area (Å²) in [4.78, 5) is 13.0. The van der Waals surface area contributed by atoms with Gasteiger partial charge in [-0.25, -0.2) is 0 Å². The third-order valence-electron chi connectivity index (χ3n) is 3.43. The molecule has 0 spiro atoms. The van der Waals surface area contributed by atoms with Gasteiger partial charge in [-0.15, -0.1) is 11.8 Å². The minimum absolute atomic E-state index is 0.191. The van der Waals surface area contributed by atoms with Gasteiger partial charge < -0.3 is 4.74 Å². The van der Waals surface area contributed by atoms with Gasteiger partial charge in [0.05, 0.1) is 12.1 Å². The van der Waals surface area contributed by atoms with Crippen LogP contribution in [0.2, 0.25) is 5.02 Å². The van der Waals surface area contributed by atoms with E-state index in [1.54, 1.807) is 11.8 Å². The molecule has 1 aliphatic carbocycles. The first-order valence-corrected chi connectivity index (χ1v) is 8.15. The number of carbonyl (C=O) groups excluding carboxylic acids is 1. The van der Waals surface area contributed by atoms with E-state index in [0.717, 1.165) is 28.5 Å². The molecule has 3 nitrogen and oxygen atoms in total. The van der Waals surface area contributed by atoms with Crippen LogP contribution in [0.5, 0.6) is 0 Å². The van der Waals surface area contributed by atoms with Crippen molar-refractivity contribution in [3.05, 3.63) is 29.3 Å². The summed E-state index contributed by atoms with van der Waals surface area (Å²) in [5.74, 6) is 0.624. The molecule has 0 saturated heterocycles. The van der Waals surface area contributed by atoms with Gasteiger partial charge in [0, 0.05) is 16.7 Å².